The molecule has 0 aliphatic carbocycles. The number of halogens is 1. The van der Waals surface area contributed by atoms with Gasteiger partial charge >= 0.3 is 0 Å². The number of hydrogen-bond donors (Lipinski definition) is 2. The Bertz CT molecular complexity index is 487. The fourth-order valence-electron chi connectivity index (χ4n) is 2.67. The maximum atomic E-state index is 12.8. The third kappa shape index (κ3) is 3.76. The zero-order valence-corrected chi connectivity index (χ0v) is 13.2. The van der Waals surface area contributed by atoms with Gasteiger partial charge in [0.25, 0.3) is 0 Å². The molecule has 1 fully saturated rings. The van der Waals surface area contributed by atoms with Crippen LogP contribution in [0.15, 0.2) is 24.3 Å². The van der Waals surface area contributed by atoms with Crippen molar-refractivity contribution in [1.29, 1.82) is 0 Å². The highest BCUT2D eigenvalue weighted by Gasteiger charge is 2.41. The van der Waals surface area contributed by atoms with E-state index in [0.29, 0.717) is 44.2 Å². The first-order chi connectivity index (χ1) is 10.1. The molecule has 0 aromatic heterocycles. The Morgan fingerprint density at radius 3 is 2.81 bits per heavy atom. The standard InChI is InChI=1S/C16H23ClN2O2/c1-12(10-18)11-19-15(20)16(5-7-21-8-6-16)13-3-2-4-14(17)9-13/h2-4,9,12H,5-8,10-11,18H2,1H3,(H,19,20). The quantitative estimate of drug-likeness (QED) is 0.875. The fourth-order valence-corrected chi connectivity index (χ4v) is 2.86. The van der Waals surface area contributed by atoms with Crippen LogP contribution in [0.3, 0.4) is 0 Å². The first-order valence-corrected chi connectivity index (χ1v) is 7.78. The molecule has 1 heterocycles. The molecule has 5 heteroatoms. The van der Waals surface area contributed by atoms with Gasteiger partial charge in [0.1, 0.15) is 0 Å². The molecule has 1 amide bonds. The van der Waals surface area contributed by atoms with Crippen molar-refractivity contribution in [3.05, 3.63) is 34.9 Å². The molecule has 116 valence electrons. The summed E-state index contributed by atoms with van der Waals surface area (Å²) in [5.41, 5.74) is 6.04. The summed E-state index contributed by atoms with van der Waals surface area (Å²) in [6, 6.07) is 7.58. The number of amides is 1. The van der Waals surface area contributed by atoms with Gasteiger partial charge in [-0.3, -0.25) is 4.79 Å². The van der Waals surface area contributed by atoms with Crippen molar-refractivity contribution in [3.8, 4) is 0 Å². The average Bonchev–Trinajstić information content (AvgIpc) is 2.52. The van der Waals surface area contributed by atoms with Gasteiger partial charge in [-0.25, -0.2) is 0 Å². The highest BCUT2D eigenvalue weighted by molar-refractivity contribution is 6.30. The summed E-state index contributed by atoms with van der Waals surface area (Å²) in [4.78, 5) is 12.8. The summed E-state index contributed by atoms with van der Waals surface area (Å²) < 4.78 is 5.44. The molecule has 1 unspecified atom stereocenters. The molecule has 1 aromatic carbocycles. The van der Waals surface area contributed by atoms with Crippen LogP contribution in [-0.2, 0) is 14.9 Å². The van der Waals surface area contributed by atoms with Gasteiger partial charge in [-0.15, -0.1) is 0 Å². The summed E-state index contributed by atoms with van der Waals surface area (Å²) in [6.07, 6.45) is 1.35. The Morgan fingerprint density at radius 2 is 2.19 bits per heavy atom. The second-order valence-corrected chi connectivity index (χ2v) is 6.19. The third-order valence-electron chi connectivity index (χ3n) is 4.17. The number of carbonyl (C=O) groups is 1. The van der Waals surface area contributed by atoms with Crippen LogP contribution in [0.2, 0.25) is 5.02 Å². The van der Waals surface area contributed by atoms with Gasteiger partial charge in [0, 0.05) is 24.8 Å². The molecule has 4 nitrogen and oxygen atoms in total. The van der Waals surface area contributed by atoms with Gasteiger partial charge in [0.15, 0.2) is 0 Å². The lowest BCUT2D eigenvalue weighted by atomic mass is 9.73. The van der Waals surface area contributed by atoms with Crippen molar-refractivity contribution in [2.75, 3.05) is 26.3 Å². The van der Waals surface area contributed by atoms with E-state index in [1.165, 1.54) is 0 Å². The van der Waals surface area contributed by atoms with E-state index in [0.717, 1.165) is 5.56 Å². The predicted molar refractivity (Wildman–Crippen MR) is 84.4 cm³/mol. The Kier molecular flexibility index (Phi) is 5.62. The van der Waals surface area contributed by atoms with E-state index in [2.05, 4.69) is 5.32 Å². The molecule has 0 radical (unpaired) electrons. The first-order valence-electron chi connectivity index (χ1n) is 7.40. The normalized spacial score (nSPS) is 19.0. The van der Waals surface area contributed by atoms with Crippen LogP contribution < -0.4 is 11.1 Å². The number of benzene rings is 1. The molecule has 21 heavy (non-hydrogen) atoms. The zero-order valence-electron chi connectivity index (χ0n) is 12.4. The maximum absolute atomic E-state index is 12.8. The summed E-state index contributed by atoms with van der Waals surface area (Å²) in [5, 5.41) is 3.70. The number of nitrogens with one attached hydrogen (secondary N) is 1. The SMILES string of the molecule is CC(CN)CNC(=O)C1(c2cccc(Cl)c2)CCOCC1. The Labute approximate surface area is 131 Å². The highest BCUT2D eigenvalue weighted by atomic mass is 35.5. The number of carbonyl (C=O) groups excluding carboxylic acids is 1. The van der Waals surface area contributed by atoms with Crippen LogP contribution in [0.5, 0.6) is 0 Å². The molecule has 1 saturated heterocycles. The number of nitrogens with two attached hydrogens (primary N) is 1. The predicted octanol–water partition coefficient (Wildman–Crippen LogP) is 2.10. The first kappa shape index (κ1) is 16.3. The van der Waals surface area contributed by atoms with Crippen molar-refractivity contribution >= 4 is 17.5 Å². The van der Waals surface area contributed by atoms with Crippen molar-refractivity contribution in [1.82, 2.24) is 5.32 Å². The third-order valence-corrected chi connectivity index (χ3v) is 4.41. The largest absolute Gasteiger partial charge is 0.381 e. The van der Waals surface area contributed by atoms with Gasteiger partial charge in [0.05, 0.1) is 5.41 Å². The van der Waals surface area contributed by atoms with E-state index in [9.17, 15) is 4.79 Å². The average molecular weight is 311 g/mol. The zero-order chi connectivity index (χ0) is 15.3. The van der Waals surface area contributed by atoms with Gasteiger partial charge in [0.2, 0.25) is 5.91 Å². The van der Waals surface area contributed by atoms with E-state index in [1.54, 1.807) is 0 Å². The van der Waals surface area contributed by atoms with E-state index >= 15 is 0 Å². The van der Waals surface area contributed by atoms with Gasteiger partial charge < -0.3 is 15.8 Å². The topological polar surface area (TPSA) is 64.3 Å². The van der Waals surface area contributed by atoms with E-state index in [1.807, 2.05) is 31.2 Å². The smallest absolute Gasteiger partial charge is 0.230 e. The van der Waals surface area contributed by atoms with Gasteiger partial charge in [-0.05, 0) is 43.0 Å². The molecular formula is C16H23ClN2O2. The van der Waals surface area contributed by atoms with Gasteiger partial charge in [-0.2, -0.15) is 0 Å². The van der Waals surface area contributed by atoms with Crippen molar-refractivity contribution in [2.24, 2.45) is 11.7 Å². The molecule has 0 spiro atoms. The molecule has 0 saturated carbocycles. The van der Waals surface area contributed by atoms with Crippen LogP contribution in [-0.4, -0.2) is 32.2 Å². The maximum Gasteiger partial charge on any atom is 0.230 e. The van der Waals surface area contributed by atoms with Crippen LogP contribution in [0.25, 0.3) is 0 Å². The lowest BCUT2D eigenvalue weighted by Gasteiger charge is -2.36. The molecule has 1 atom stereocenters. The van der Waals surface area contributed by atoms with Crippen molar-refractivity contribution < 1.29 is 9.53 Å². The lowest BCUT2D eigenvalue weighted by Crippen LogP contribution is -2.49. The summed E-state index contributed by atoms with van der Waals surface area (Å²) in [7, 11) is 0. The Hall–Kier alpha value is -1.10. The molecule has 1 aromatic rings. The van der Waals surface area contributed by atoms with Crippen LogP contribution >= 0.6 is 11.6 Å². The molecule has 3 N–H and O–H groups in total. The second-order valence-electron chi connectivity index (χ2n) is 5.76. The molecular weight excluding hydrogens is 288 g/mol. The second kappa shape index (κ2) is 7.25. The summed E-state index contributed by atoms with van der Waals surface area (Å²) in [5.74, 6) is 0.318. The molecule has 1 aliphatic rings. The molecule has 1 aliphatic heterocycles. The minimum absolute atomic E-state index is 0.0494. The Balaban J connectivity index is 2.22. The van der Waals surface area contributed by atoms with Crippen molar-refractivity contribution in [3.63, 3.8) is 0 Å². The van der Waals surface area contributed by atoms with E-state index in [4.69, 9.17) is 22.1 Å². The molecule has 0 bridgehead atoms. The summed E-state index contributed by atoms with van der Waals surface area (Å²) in [6.45, 7) is 4.36. The minimum Gasteiger partial charge on any atom is -0.381 e. The number of rotatable bonds is 5. The lowest BCUT2D eigenvalue weighted by molar-refractivity contribution is -0.130. The number of ether oxygens (including phenoxy) is 1. The highest BCUT2D eigenvalue weighted by Crippen LogP contribution is 2.36. The fraction of sp³-hybridized carbons (Fsp3) is 0.562. The van der Waals surface area contributed by atoms with E-state index in [-0.39, 0.29) is 11.8 Å². The number of hydrogen-bond acceptors (Lipinski definition) is 3. The van der Waals surface area contributed by atoms with Crippen LogP contribution in [0.4, 0.5) is 0 Å². The van der Waals surface area contributed by atoms with Crippen LogP contribution in [0, 0.1) is 5.92 Å². The molecule has 2 rings (SSSR count). The van der Waals surface area contributed by atoms with Crippen LogP contribution in [0.1, 0.15) is 25.3 Å². The minimum atomic E-state index is -0.544. The van der Waals surface area contributed by atoms with E-state index < -0.39 is 5.41 Å². The van der Waals surface area contributed by atoms with Crippen molar-refractivity contribution in [2.45, 2.75) is 25.2 Å². The monoisotopic (exact) mass is 310 g/mol. The Morgan fingerprint density at radius 1 is 1.48 bits per heavy atom. The summed E-state index contributed by atoms with van der Waals surface area (Å²) >= 11 is 6.10. The van der Waals surface area contributed by atoms with Gasteiger partial charge in [-0.1, -0.05) is 30.7 Å².